The highest BCUT2D eigenvalue weighted by Crippen LogP contribution is 2.30. The summed E-state index contributed by atoms with van der Waals surface area (Å²) < 4.78 is 0.784. The van der Waals surface area contributed by atoms with Gasteiger partial charge in [0, 0.05) is 10.6 Å². The van der Waals surface area contributed by atoms with E-state index in [4.69, 9.17) is 11.6 Å². The molecule has 2 rings (SSSR count). The minimum Gasteiger partial charge on any atom is -0.386 e. The smallest absolute Gasteiger partial charge is 0.232 e. The van der Waals surface area contributed by atoms with Crippen LogP contribution in [0.3, 0.4) is 0 Å². The van der Waals surface area contributed by atoms with Crippen LogP contribution in [0.25, 0.3) is 0 Å². The Morgan fingerprint density at radius 3 is 2.79 bits per heavy atom. The third kappa shape index (κ3) is 3.66. The van der Waals surface area contributed by atoms with Crippen molar-refractivity contribution >= 4 is 40.6 Å². The molecule has 1 aliphatic heterocycles. The van der Waals surface area contributed by atoms with E-state index in [9.17, 15) is 9.90 Å². The summed E-state index contributed by atoms with van der Waals surface area (Å²) in [5, 5.41) is 10.1. The average molecular weight is 320 g/mol. The number of thiophene rings is 1. The second-order valence-corrected chi connectivity index (χ2v) is 7.99. The monoisotopic (exact) mass is 319 g/mol. The molecule has 2 heterocycles. The van der Waals surface area contributed by atoms with E-state index in [1.807, 2.05) is 26.0 Å². The Hall–Kier alpha value is -0.230. The van der Waals surface area contributed by atoms with Crippen molar-refractivity contribution in [2.75, 3.05) is 18.8 Å². The van der Waals surface area contributed by atoms with E-state index in [0.29, 0.717) is 18.8 Å². The highest BCUT2D eigenvalue weighted by atomic mass is 35.5. The number of carbonyl (C=O) groups excluding carboxylic acids is 1. The second-order valence-electron chi connectivity index (χ2n) is 5.21. The van der Waals surface area contributed by atoms with E-state index in [1.165, 1.54) is 4.88 Å². The topological polar surface area (TPSA) is 40.5 Å². The molecule has 0 radical (unpaired) electrons. The van der Waals surface area contributed by atoms with Crippen molar-refractivity contribution in [3.63, 3.8) is 0 Å². The molecule has 0 atom stereocenters. The highest BCUT2D eigenvalue weighted by Gasteiger charge is 2.45. The van der Waals surface area contributed by atoms with Gasteiger partial charge in [0.1, 0.15) is 5.60 Å². The lowest BCUT2D eigenvalue weighted by Crippen LogP contribution is -2.66. The van der Waals surface area contributed by atoms with Crippen LogP contribution in [0, 0.1) is 5.92 Å². The normalized spacial score (nSPS) is 17.6. The third-order valence-corrected chi connectivity index (χ3v) is 5.84. The standard InChI is InChI=1S/C13H18ClNO2S2/c1-9(2)13(17)7-15(8-13)12(16)6-18-5-10-3-4-11(14)19-10/h3-4,9,17H,5-8H2,1-2H3. The number of aliphatic hydroxyl groups is 1. The zero-order valence-electron chi connectivity index (χ0n) is 11.1. The molecule has 1 saturated heterocycles. The maximum atomic E-state index is 11.9. The van der Waals surface area contributed by atoms with E-state index >= 15 is 0 Å². The minimum absolute atomic E-state index is 0.109. The first-order chi connectivity index (χ1) is 8.90. The van der Waals surface area contributed by atoms with Gasteiger partial charge in [-0.3, -0.25) is 4.79 Å². The molecule has 6 heteroatoms. The molecule has 1 N–H and O–H groups in total. The summed E-state index contributed by atoms with van der Waals surface area (Å²) in [6.45, 7) is 4.90. The first-order valence-corrected chi connectivity index (χ1v) is 8.58. The van der Waals surface area contributed by atoms with Crippen molar-refractivity contribution in [2.24, 2.45) is 5.92 Å². The summed E-state index contributed by atoms with van der Waals surface area (Å²) in [4.78, 5) is 14.8. The summed E-state index contributed by atoms with van der Waals surface area (Å²) in [7, 11) is 0. The van der Waals surface area contributed by atoms with Crippen LogP contribution in [0.1, 0.15) is 18.7 Å². The number of thioether (sulfide) groups is 1. The molecule has 0 unspecified atom stereocenters. The molecule has 1 aromatic heterocycles. The zero-order chi connectivity index (χ0) is 14.0. The molecule has 1 aromatic rings. The average Bonchev–Trinajstić information content (AvgIpc) is 2.70. The first-order valence-electron chi connectivity index (χ1n) is 6.23. The molecule has 106 valence electrons. The summed E-state index contributed by atoms with van der Waals surface area (Å²) in [6, 6.07) is 3.87. The lowest BCUT2D eigenvalue weighted by atomic mass is 9.83. The number of hydrogen-bond donors (Lipinski definition) is 1. The fourth-order valence-electron chi connectivity index (χ4n) is 1.92. The maximum absolute atomic E-state index is 11.9. The molecule has 1 aliphatic rings. The van der Waals surface area contributed by atoms with Gasteiger partial charge in [0.2, 0.25) is 5.91 Å². The Morgan fingerprint density at radius 1 is 1.58 bits per heavy atom. The Bertz CT molecular complexity index is 455. The van der Waals surface area contributed by atoms with Gasteiger partial charge in [0.25, 0.3) is 0 Å². The van der Waals surface area contributed by atoms with Crippen LogP contribution in [-0.2, 0) is 10.5 Å². The van der Waals surface area contributed by atoms with Crippen molar-refractivity contribution in [1.29, 1.82) is 0 Å². The van der Waals surface area contributed by atoms with Gasteiger partial charge in [-0.05, 0) is 18.1 Å². The van der Waals surface area contributed by atoms with Gasteiger partial charge in [-0.15, -0.1) is 23.1 Å². The predicted octanol–water partition coefficient (Wildman–Crippen LogP) is 2.86. The Kier molecular flexibility index (Phi) is 4.82. The molecule has 1 amide bonds. The number of halogens is 1. The number of hydrogen-bond acceptors (Lipinski definition) is 4. The molecule has 0 aromatic carbocycles. The summed E-state index contributed by atoms with van der Waals surface area (Å²) in [5.41, 5.74) is -0.679. The molecule has 19 heavy (non-hydrogen) atoms. The van der Waals surface area contributed by atoms with Gasteiger partial charge >= 0.3 is 0 Å². The molecular weight excluding hydrogens is 302 g/mol. The lowest BCUT2D eigenvalue weighted by molar-refractivity contribution is -0.161. The van der Waals surface area contributed by atoms with Gasteiger partial charge in [0.15, 0.2) is 0 Å². The van der Waals surface area contributed by atoms with E-state index in [0.717, 1.165) is 10.1 Å². The summed E-state index contributed by atoms with van der Waals surface area (Å²) in [6.07, 6.45) is 0. The van der Waals surface area contributed by atoms with Crippen LogP contribution in [-0.4, -0.2) is 40.4 Å². The number of likely N-dealkylation sites (tertiary alicyclic amines) is 1. The minimum atomic E-state index is -0.679. The predicted molar refractivity (Wildman–Crippen MR) is 81.9 cm³/mol. The first kappa shape index (κ1) is 15.2. The van der Waals surface area contributed by atoms with E-state index in [1.54, 1.807) is 28.0 Å². The van der Waals surface area contributed by atoms with Crippen LogP contribution in [0.4, 0.5) is 0 Å². The van der Waals surface area contributed by atoms with Crippen molar-refractivity contribution < 1.29 is 9.90 Å². The van der Waals surface area contributed by atoms with Crippen LogP contribution >= 0.6 is 34.7 Å². The van der Waals surface area contributed by atoms with E-state index in [-0.39, 0.29) is 11.8 Å². The van der Waals surface area contributed by atoms with Crippen LogP contribution in [0.15, 0.2) is 12.1 Å². The van der Waals surface area contributed by atoms with Gasteiger partial charge < -0.3 is 10.0 Å². The fourth-order valence-corrected chi connectivity index (χ4v) is 4.04. The van der Waals surface area contributed by atoms with Crippen molar-refractivity contribution in [1.82, 2.24) is 4.90 Å². The zero-order valence-corrected chi connectivity index (χ0v) is 13.4. The maximum Gasteiger partial charge on any atom is 0.232 e. The van der Waals surface area contributed by atoms with Crippen LogP contribution in [0.5, 0.6) is 0 Å². The van der Waals surface area contributed by atoms with Crippen LogP contribution in [0.2, 0.25) is 4.34 Å². The number of rotatable bonds is 5. The molecule has 0 bridgehead atoms. The molecule has 0 saturated carbocycles. The van der Waals surface area contributed by atoms with Crippen LogP contribution < -0.4 is 0 Å². The number of nitrogens with zero attached hydrogens (tertiary/aromatic N) is 1. The quantitative estimate of drug-likeness (QED) is 0.907. The second kappa shape index (κ2) is 6.04. The Balaban J connectivity index is 1.69. The summed E-state index contributed by atoms with van der Waals surface area (Å²) in [5.74, 6) is 1.57. The highest BCUT2D eigenvalue weighted by molar-refractivity contribution is 7.99. The largest absolute Gasteiger partial charge is 0.386 e. The van der Waals surface area contributed by atoms with Crippen molar-refractivity contribution in [2.45, 2.75) is 25.2 Å². The molecule has 0 aliphatic carbocycles. The van der Waals surface area contributed by atoms with Gasteiger partial charge in [-0.1, -0.05) is 25.4 Å². The molecule has 1 fully saturated rings. The van der Waals surface area contributed by atoms with Gasteiger partial charge in [0.05, 0.1) is 23.2 Å². The van der Waals surface area contributed by atoms with Crippen molar-refractivity contribution in [3.8, 4) is 0 Å². The Morgan fingerprint density at radius 2 is 2.26 bits per heavy atom. The van der Waals surface area contributed by atoms with Gasteiger partial charge in [-0.2, -0.15) is 0 Å². The Labute approximate surface area is 126 Å². The number of β-amino-alcohol motifs (C(OH)–C–C–N with tert-alkyl or cyclic N) is 1. The molecule has 0 spiro atoms. The van der Waals surface area contributed by atoms with E-state index in [2.05, 4.69) is 0 Å². The summed E-state index contributed by atoms with van der Waals surface area (Å²) >= 11 is 8.99. The molecular formula is C13H18ClNO2S2. The van der Waals surface area contributed by atoms with Crippen molar-refractivity contribution in [3.05, 3.63) is 21.3 Å². The SMILES string of the molecule is CC(C)C1(O)CN(C(=O)CSCc2ccc(Cl)s2)C1. The number of amides is 1. The fraction of sp³-hybridized carbons (Fsp3) is 0.615. The molecule has 3 nitrogen and oxygen atoms in total. The third-order valence-electron chi connectivity index (χ3n) is 3.46. The van der Waals surface area contributed by atoms with Gasteiger partial charge in [-0.25, -0.2) is 0 Å². The number of carbonyl (C=O) groups is 1. The van der Waals surface area contributed by atoms with E-state index < -0.39 is 5.60 Å². The lowest BCUT2D eigenvalue weighted by Gasteiger charge is -2.49.